The number of oxime groups is 1. The average Bonchev–Trinajstić information content (AvgIpc) is 2.36. The molecular formula is C8H14N2O. The minimum absolute atomic E-state index is 0.582. The molecule has 0 saturated carbocycles. The Kier molecular flexibility index (Phi) is 1.82. The van der Waals surface area contributed by atoms with E-state index < -0.39 is 0 Å². The van der Waals surface area contributed by atoms with E-state index >= 15 is 0 Å². The summed E-state index contributed by atoms with van der Waals surface area (Å²) in [5.74, 6) is 0.582. The van der Waals surface area contributed by atoms with Crippen LogP contribution in [-0.2, 0) is 0 Å². The van der Waals surface area contributed by atoms with Gasteiger partial charge in [-0.25, -0.2) is 0 Å². The Bertz CT molecular complexity index is 171. The fourth-order valence-electron chi connectivity index (χ4n) is 2.10. The molecule has 0 unspecified atom stereocenters. The van der Waals surface area contributed by atoms with Gasteiger partial charge in [0.2, 0.25) is 0 Å². The van der Waals surface area contributed by atoms with Gasteiger partial charge >= 0.3 is 0 Å². The Hall–Kier alpha value is -0.570. The Labute approximate surface area is 66.7 Å². The maximum Gasteiger partial charge on any atom is 0.0615 e. The second-order valence-corrected chi connectivity index (χ2v) is 3.46. The van der Waals surface area contributed by atoms with Crippen LogP contribution in [0, 0.1) is 5.92 Å². The number of piperidine rings is 1. The van der Waals surface area contributed by atoms with Crippen LogP contribution in [0.4, 0.5) is 0 Å². The van der Waals surface area contributed by atoms with Gasteiger partial charge in [-0.1, -0.05) is 5.16 Å². The molecule has 0 spiro atoms. The van der Waals surface area contributed by atoms with Crippen LogP contribution in [-0.4, -0.2) is 35.5 Å². The van der Waals surface area contributed by atoms with Gasteiger partial charge in [0.1, 0.15) is 0 Å². The fourth-order valence-corrected chi connectivity index (χ4v) is 2.10. The first-order valence-electron chi connectivity index (χ1n) is 4.33. The standard InChI is InChI=1S/C8H14N2O/c11-9-8-3-6-10-4-1-7(8)2-5-10/h7,11H,1-6H2/b9-8+. The van der Waals surface area contributed by atoms with Crippen molar-refractivity contribution in [3.63, 3.8) is 0 Å². The van der Waals surface area contributed by atoms with Crippen LogP contribution in [0.15, 0.2) is 5.16 Å². The summed E-state index contributed by atoms with van der Waals surface area (Å²) in [5.41, 5.74) is 1.03. The fraction of sp³-hybridized carbons (Fsp3) is 0.875. The Morgan fingerprint density at radius 3 is 2.64 bits per heavy atom. The van der Waals surface area contributed by atoms with Crippen molar-refractivity contribution in [1.29, 1.82) is 0 Å². The van der Waals surface area contributed by atoms with Crippen molar-refractivity contribution in [3.8, 4) is 0 Å². The van der Waals surface area contributed by atoms with Crippen molar-refractivity contribution in [3.05, 3.63) is 0 Å². The number of hydrogen-bond donors (Lipinski definition) is 1. The average molecular weight is 154 g/mol. The van der Waals surface area contributed by atoms with Gasteiger partial charge in [-0.3, -0.25) is 0 Å². The molecule has 3 saturated heterocycles. The second kappa shape index (κ2) is 2.81. The van der Waals surface area contributed by atoms with E-state index in [1.165, 1.54) is 25.9 Å². The summed E-state index contributed by atoms with van der Waals surface area (Å²) in [6.07, 6.45) is 3.36. The van der Waals surface area contributed by atoms with Crippen molar-refractivity contribution in [2.45, 2.75) is 19.3 Å². The van der Waals surface area contributed by atoms with Gasteiger partial charge in [0.15, 0.2) is 0 Å². The number of hydrogen-bond acceptors (Lipinski definition) is 3. The zero-order chi connectivity index (χ0) is 7.68. The molecule has 3 heteroatoms. The van der Waals surface area contributed by atoms with Crippen LogP contribution in [0.5, 0.6) is 0 Å². The van der Waals surface area contributed by atoms with E-state index in [0.717, 1.165) is 18.7 Å². The van der Waals surface area contributed by atoms with Gasteiger partial charge < -0.3 is 10.1 Å². The minimum Gasteiger partial charge on any atom is -0.411 e. The third-order valence-corrected chi connectivity index (χ3v) is 2.87. The van der Waals surface area contributed by atoms with E-state index in [9.17, 15) is 0 Å². The highest BCUT2D eigenvalue weighted by Crippen LogP contribution is 2.24. The largest absolute Gasteiger partial charge is 0.411 e. The van der Waals surface area contributed by atoms with Crippen LogP contribution >= 0.6 is 0 Å². The second-order valence-electron chi connectivity index (χ2n) is 3.46. The molecule has 0 radical (unpaired) electrons. The lowest BCUT2D eigenvalue weighted by atomic mass is 9.94. The third kappa shape index (κ3) is 1.25. The summed E-state index contributed by atoms with van der Waals surface area (Å²) in [5, 5.41) is 12.1. The highest BCUT2D eigenvalue weighted by atomic mass is 16.4. The topological polar surface area (TPSA) is 35.8 Å². The predicted octanol–water partition coefficient (Wildman–Crippen LogP) is 0.932. The van der Waals surface area contributed by atoms with E-state index in [2.05, 4.69) is 10.1 Å². The molecule has 3 aliphatic rings. The first-order valence-corrected chi connectivity index (χ1v) is 4.33. The van der Waals surface area contributed by atoms with Crippen LogP contribution in [0.1, 0.15) is 19.3 Å². The minimum atomic E-state index is 0.582. The Balaban J connectivity index is 2.15. The molecule has 62 valence electrons. The summed E-state index contributed by atoms with van der Waals surface area (Å²) in [7, 11) is 0. The van der Waals surface area contributed by atoms with E-state index in [4.69, 9.17) is 5.21 Å². The van der Waals surface area contributed by atoms with E-state index in [-0.39, 0.29) is 0 Å². The normalized spacial score (nSPS) is 40.9. The van der Waals surface area contributed by atoms with Crippen molar-refractivity contribution in [1.82, 2.24) is 4.90 Å². The maximum absolute atomic E-state index is 8.71. The molecule has 3 nitrogen and oxygen atoms in total. The lowest BCUT2D eigenvalue weighted by Crippen LogP contribution is -2.30. The highest BCUT2D eigenvalue weighted by Gasteiger charge is 2.27. The lowest BCUT2D eigenvalue weighted by Gasteiger charge is -2.25. The predicted molar refractivity (Wildman–Crippen MR) is 43.0 cm³/mol. The smallest absolute Gasteiger partial charge is 0.0615 e. The summed E-state index contributed by atoms with van der Waals surface area (Å²) in [6, 6.07) is 0. The van der Waals surface area contributed by atoms with Crippen LogP contribution < -0.4 is 0 Å². The molecular weight excluding hydrogens is 140 g/mol. The summed E-state index contributed by atoms with van der Waals surface area (Å²) in [4.78, 5) is 2.45. The Morgan fingerprint density at radius 1 is 1.27 bits per heavy atom. The van der Waals surface area contributed by atoms with Crippen molar-refractivity contribution >= 4 is 5.71 Å². The lowest BCUT2D eigenvalue weighted by molar-refractivity contribution is 0.232. The zero-order valence-corrected chi connectivity index (χ0v) is 6.66. The summed E-state index contributed by atoms with van der Waals surface area (Å²) >= 11 is 0. The summed E-state index contributed by atoms with van der Waals surface area (Å²) in [6.45, 7) is 3.49. The van der Waals surface area contributed by atoms with Crippen molar-refractivity contribution < 1.29 is 5.21 Å². The SMILES string of the molecule is O/N=C1\CCN2CCC1CC2. The molecule has 3 heterocycles. The molecule has 3 rings (SSSR count). The first kappa shape index (κ1) is 7.10. The molecule has 0 aromatic heterocycles. The number of rotatable bonds is 0. The van der Waals surface area contributed by atoms with Gasteiger partial charge in [0.25, 0.3) is 0 Å². The van der Waals surface area contributed by atoms with Crippen LogP contribution in [0.2, 0.25) is 0 Å². The first-order chi connectivity index (χ1) is 5.40. The van der Waals surface area contributed by atoms with Gasteiger partial charge in [-0.2, -0.15) is 0 Å². The molecule has 0 amide bonds. The van der Waals surface area contributed by atoms with Gasteiger partial charge in [-0.05, 0) is 25.9 Å². The quantitative estimate of drug-likeness (QED) is 0.416. The van der Waals surface area contributed by atoms with Crippen LogP contribution in [0.25, 0.3) is 0 Å². The molecule has 3 aliphatic heterocycles. The van der Waals surface area contributed by atoms with Gasteiger partial charge in [0.05, 0.1) is 5.71 Å². The van der Waals surface area contributed by atoms with E-state index in [0.29, 0.717) is 5.92 Å². The number of nitrogens with zero attached hydrogens (tertiary/aromatic N) is 2. The molecule has 2 bridgehead atoms. The molecule has 0 atom stereocenters. The zero-order valence-electron chi connectivity index (χ0n) is 6.66. The van der Waals surface area contributed by atoms with Crippen molar-refractivity contribution in [2.75, 3.05) is 19.6 Å². The molecule has 0 aromatic rings. The number of fused-ring (bicyclic) bond motifs is 4. The molecule has 0 aliphatic carbocycles. The monoisotopic (exact) mass is 154 g/mol. The highest BCUT2D eigenvalue weighted by molar-refractivity contribution is 5.86. The Morgan fingerprint density at radius 2 is 2.00 bits per heavy atom. The van der Waals surface area contributed by atoms with Gasteiger partial charge in [0, 0.05) is 18.9 Å². The van der Waals surface area contributed by atoms with E-state index in [1.54, 1.807) is 0 Å². The van der Waals surface area contributed by atoms with E-state index in [1.807, 2.05) is 0 Å². The van der Waals surface area contributed by atoms with Gasteiger partial charge in [-0.15, -0.1) is 0 Å². The maximum atomic E-state index is 8.71. The third-order valence-electron chi connectivity index (χ3n) is 2.87. The molecule has 1 N–H and O–H groups in total. The van der Waals surface area contributed by atoms with Crippen molar-refractivity contribution in [2.24, 2.45) is 11.1 Å². The summed E-state index contributed by atoms with van der Waals surface area (Å²) < 4.78 is 0. The van der Waals surface area contributed by atoms with Crippen LogP contribution in [0.3, 0.4) is 0 Å². The molecule has 0 aromatic carbocycles. The molecule has 3 fully saturated rings. The molecule has 11 heavy (non-hydrogen) atoms.